The van der Waals surface area contributed by atoms with E-state index in [2.05, 4.69) is 19.1 Å². The smallest absolute Gasteiger partial charge is 0.332 e. The standard InChI is InChI=1S/C20H36O3/c1-2-3-4-5-6-8-12-17-14-11-15-18(17)13-9-7-10-16-19(21)20(22)23/h8,12,17-19,21H,2-7,9-11,13-16H2,1H3,(H,22,23)/b12-8+/t17-,18-,19?/m0/s1. The van der Waals surface area contributed by atoms with Gasteiger partial charge in [-0.3, -0.25) is 0 Å². The Morgan fingerprint density at radius 3 is 2.65 bits per heavy atom. The van der Waals surface area contributed by atoms with Crippen molar-refractivity contribution in [2.45, 2.75) is 96.5 Å². The lowest BCUT2D eigenvalue weighted by Gasteiger charge is -2.16. The number of rotatable bonds is 13. The van der Waals surface area contributed by atoms with Gasteiger partial charge in [0, 0.05) is 0 Å². The summed E-state index contributed by atoms with van der Waals surface area (Å²) in [7, 11) is 0. The van der Waals surface area contributed by atoms with Gasteiger partial charge < -0.3 is 10.2 Å². The number of aliphatic carboxylic acids is 1. The summed E-state index contributed by atoms with van der Waals surface area (Å²) < 4.78 is 0. The number of aliphatic hydroxyl groups is 1. The van der Waals surface area contributed by atoms with Crippen molar-refractivity contribution in [3.63, 3.8) is 0 Å². The van der Waals surface area contributed by atoms with Gasteiger partial charge in [0.2, 0.25) is 0 Å². The predicted molar refractivity (Wildman–Crippen MR) is 95.5 cm³/mol. The molecule has 1 saturated carbocycles. The molecule has 3 nitrogen and oxygen atoms in total. The van der Waals surface area contributed by atoms with E-state index in [-0.39, 0.29) is 0 Å². The SMILES string of the molecule is CCCCCC/C=C/[C@H]1CCC[C@@H]1CCCCCC(O)C(=O)O. The Hall–Kier alpha value is -0.830. The molecular weight excluding hydrogens is 288 g/mol. The third kappa shape index (κ3) is 9.14. The number of aliphatic hydroxyl groups excluding tert-OH is 1. The first-order valence-corrected chi connectivity index (χ1v) is 9.72. The van der Waals surface area contributed by atoms with Crippen LogP contribution < -0.4 is 0 Å². The van der Waals surface area contributed by atoms with Crippen LogP contribution in [-0.2, 0) is 4.79 Å². The fourth-order valence-corrected chi connectivity index (χ4v) is 3.68. The van der Waals surface area contributed by atoms with Gasteiger partial charge in [-0.1, -0.05) is 64.0 Å². The van der Waals surface area contributed by atoms with E-state index in [1.165, 1.54) is 57.8 Å². The van der Waals surface area contributed by atoms with Gasteiger partial charge in [0.15, 0.2) is 6.10 Å². The van der Waals surface area contributed by atoms with Crippen LogP contribution in [0.3, 0.4) is 0 Å². The van der Waals surface area contributed by atoms with Crippen molar-refractivity contribution in [3.05, 3.63) is 12.2 Å². The zero-order valence-electron chi connectivity index (χ0n) is 14.9. The second kappa shape index (κ2) is 12.6. The number of carboxylic acid groups (broad SMARTS) is 1. The van der Waals surface area contributed by atoms with E-state index >= 15 is 0 Å². The quantitative estimate of drug-likeness (QED) is 0.356. The van der Waals surface area contributed by atoms with Gasteiger partial charge in [-0.2, -0.15) is 0 Å². The Balaban J connectivity index is 2.10. The monoisotopic (exact) mass is 324 g/mol. The van der Waals surface area contributed by atoms with Gasteiger partial charge in [-0.25, -0.2) is 4.79 Å². The molecule has 0 radical (unpaired) electrons. The molecular formula is C20H36O3. The Labute approximate surface area is 142 Å². The molecule has 23 heavy (non-hydrogen) atoms. The van der Waals surface area contributed by atoms with Crippen LogP contribution in [0.15, 0.2) is 12.2 Å². The van der Waals surface area contributed by atoms with Crippen LogP contribution in [0.2, 0.25) is 0 Å². The molecule has 134 valence electrons. The van der Waals surface area contributed by atoms with E-state index < -0.39 is 12.1 Å². The first kappa shape index (κ1) is 20.2. The highest BCUT2D eigenvalue weighted by atomic mass is 16.4. The lowest BCUT2D eigenvalue weighted by molar-refractivity contribution is -0.146. The van der Waals surface area contributed by atoms with Crippen LogP contribution in [0.4, 0.5) is 0 Å². The molecule has 0 saturated heterocycles. The van der Waals surface area contributed by atoms with Gasteiger partial charge in [0.1, 0.15) is 0 Å². The lowest BCUT2D eigenvalue weighted by Crippen LogP contribution is -2.18. The highest BCUT2D eigenvalue weighted by Gasteiger charge is 2.24. The molecule has 0 aliphatic heterocycles. The highest BCUT2D eigenvalue weighted by Crippen LogP contribution is 2.36. The fraction of sp³-hybridized carbons (Fsp3) is 0.850. The van der Waals surface area contributed by atoms with E-state index in [4.69, 9.17) is 5.11 Å². The zero-order chi connectivity index (χ0) is 16.9. The first-order valence-electron chi connectivity index (χ1n) is 9.72. The Kier molecular flexibility index (Phi) is 11.1. The number of hydrogen-bond donors (Lipinski definition) is 2. The van der Waals surface area contributed by atoms with Crippen LogP contribution in [0.25, 0.3) is 0 Å². The summed E-state index contributed by atoms with van der Waals surface area (Å²) in [5, 5.41) is 17.9. The summed E-state index contributed by atoms with van der Waals surface area (Å²) >= 11 is 0. The van der Waals surface area contributed by atoms with Crippen LogP contribution in [-0.4, -0.2) is 22.3 Å². The van der Waals surface area contributed by atoms with Gasteiger partial charge in [-0.15, -0.1) is 0 Å². The average molecular weight is 325 g/mol. The molecule has 0 spiro atoms. The second-order valence-corrected chi connectivity index (χ2v) is 7.12. The molecule has 1 rings (SSSR count). The second-order valence-electron chi connectivity index (χ2n) is 7.12. The number of hydrogen-bond acceptors (Lipinski definition) is 2. The third-order valence-corrected chi connectivity index (χ3v) is 5.16. The van der Waals surface area contributed by atoms with Crippen molar-refractivity contribution in [3.8, 4) is 0 Å². The van der Waals surface area contributed by atoms with Crippen molar-refractivity contribution in [1.29, 1.82) is 0 Å². The van der Waals surface area contributed by atoms with E-state index in [1.807, 2.05) is 0 Å². The molecule has 3 atom stereocenters. The summed E-state index contributed by atoms with van der Waals surface area (Å²) in [6, 6.07) is 0. The number of carbonyl (C=O) groups is 1. The van der Waals surface area contributed by atoms with Crippen LogP contribution in [0.1, 0.15) is 90.4 Å². The molecule has 0 heterocycles. The molecule has 0 aromatic rings. The lowest BCUT2D eigenvalue weighted by atomic mass is 9.90. The van der Waals surface area contributed by atoms with E-state index in [9.17, 15) is 9.90 Å². The number of carboxylic acids is 1. The van der Waals surface area contributed by atoms with Crippen LogP contribution in [0.5, 0.6) is 0 Å². The van der Waals surface area contributed by atoms with Gasteiger partial charge >= 0.3 is 5.97 Å². The highest BCUT2D eigenvalue weighted by molar-refractivity contribution is 5.71. The van der Waals surface area contributed by atoms with E-state index in [1.54, 1.807) is 0 Å². The van der Waals surface area contributed by atoms with Gasteiger partial charge in [0.25, 0.3) is 0 Å². The summed E-state index contributed by atoms with van der Waals surface area (Å²) in [5.74, 6) is 0.502. The molecule has 3 heteroatoms. The number of allylic oxidation sites excluding steroid dienone is 2. The molecule has 0 bridgehead atoms. The molecule has 2 N–H and O–H groups in total. The van der Waals surface area contributed by atoms with Crippen molar-refractivity contribution < 1.29 is 15.0 Å². The normalized spacial score (nSPS) is 22.7. The molecule has 1 unspecified atom stereocenters. The fourth-order valence-electron chi connectivity index (χ4n) is 3.68. The van der Waals surface area contributed by atoms with E-state index in [0.717, 1.165) is 31.1 Å². The Morgan fingerprint density at radius 1 is 1.13 bits per heavy atom. The predicted octanol–water partition coefficient (Wildman–Crippen LogP) is 5.33. The summed E-state index contributed by atoms with van der Waals surface area (Å²) in [4.78, 5) is 10.5. The molecule has 1 fully saturated rings. The summed E-state index contributed by atoms with van der Waals surface area (Å²) in [5.41, 5.74) is 0. The van der Waals surface area contributed by atoms with Crippen molar-refractivity contribution >= 4 is 5.97 Å². The largest absolute Gasteiger partial charge is 0.479 e. The van der Waals surface area contributed by atoms with Crippen molar-refractivity contribution in [1.82, 2.24) is 0 Å². The van der Waals surface area contributed by atoms with E-state index in [0.29, 0.717) is 6.42 Å². The topological polar surface area (TPSA) is 57.5 Å². The maximum absolute atomic E-state index is 10.5. The number of unbranched alkanes of at least 4 members (excludes halogenated alkanes) is 6. The Morgan fingerprint density at radius 2 is 1.91 bits per heavy atom. The summed E-state index contributed by atoms with van der Waals surface area (Å²) in [6.45, 7) is 2.25. The first-order chi connectivity index (χ1) is 11.1. The van der Waals surface area contributed by atoms with Crippen LogP contribution >= 0.6 is 0 Å². The third-order valence-electron chi connectivity index (χ3n) is 5.16. The molecule has 0 amide bonds. The van der Waals surface area contributed by atoms with Crippen molar-refractivity contribution in [2.24, 2.45) is 11.8 Å². The Bertz CT molecular complexity index is 338. The molecule has 0 aromatic carbocycles. The minimum Gasteiger partial charge on any atom is -0.479 e. The summed E-state index contributed by atoms with van der Waals surface area (Å²) in [6.07, 6.45) is 19.0. The minimum atomic E-state index is -1.18. The molecule has 1 aliphatic carbocycles. The van der Waals surface area contributed by atoms with Gasteiger partial charge in [-0.05, 0) is 50.4 Å². The molecule has 1 aliphatic rings. The maximum atomic E-state index is 10.5. The van der Waals surface area contributed by atoms with Crippen LogP contribution in [0, 0.1) is 11.8 Å². The zero-order valence-corrected chi connectivity index (χ0v) is 14.9. The maximum Gasteiger partial charge on any atom is 0.332 e. The average Bonchev–Trinajstić information content (AvgIpc) is 2.97. The minimum absolute atomic E-state index is 0.390. The molecule has 0 aromatic heterocycles. The van der Waals surface area contributed by atoms with Crippen molar-refractivity contribution in [2.75, 3.05) is 0 Å². The van der Waals surface area contributed by atoms with Gasteiger partial charge in [0.05, 0.1) is 0 Å².